The van der Waals surface area contributed by atoms with Crippen molar-refractivity contribution in [2.45, 2.75) is 18.9 Å². The molecule has 0 fully saturated rings. The molecular formula is C13H21FN2O2. The van der Waals surface area contributed by atoms with Gasteiger partial charge in [-0.3, -0.25) is 0 Å². The standard InChI is InChI=1S/C13H21FN2O2/c1-13(9-15,6-7-17-2)16-12-8-10(18-3)4-5-11(12)14/h4-5,8,16H,6-7,9,15H2,1-3H3. The number of hydrogen-bond donors (Lipinski definition) is 2. The molecule has 1 aromatic rings. The summed E-state index contributed by atoms with van der Waals surface area (Å²) in [6.45, 7) is 2.88. The first-order chi connectivity index (χ1) is 8.54. The van der Waals surface area contributed by atoms with Crippen molar-refractivity contribution in [3.05, 3.63) is 24.0 Å². The lowest BCUT2D eigenvalue weighted by atomic mass is 9.98. The van der Waals surface area contributed by atoms with Crippen LogP contribution in [0.2, 0.25) is 0 Å². The molecule has 4 nitrogen and oxygen atoms in total. The van der Waals surface area contributed by atoms with E-state index in [-0.39, 0.29) is 5.82 Å². The minimum atomic E-state index is -0.413. The second-order valence-electron chi connectivity index (χ2n) is 4.48. The lowest BCUT2D eigenvalue weighted by Crippen LogP contribution is -2.43. The molecule has 0 amide bonds. The van der Waals surface area contributed by atoms with Crippen LogP contribution < -0.4 is 15.8 Å². The van der Waals surface area contributed by atoms with Gasteiger partial charge in [0, 0.05) is 31.9 Å². The number of halogens is 1. The molecule has 0 saturated carbocycles. The summed E-state index contributed by atoms with van der Waals surface area (Å²) < 4.78 is 23.8. The van der Waals surface area contributed by atoms with Crippen LogP contribution in [0, 0.1) is 5.82 Å². The molecule has 1 rings (SSSR count). The maximum atomic E-state index is 13.7. The van der Waals surface area contributed by atoms with Crippen molar-refractivity contribution < 1.29 is 13.9 Å². The van der Waals surface area contributed by atoms with Crippen molar-refractivity contribution in [2.75, 3.05) is 32.7 Å². The zero-order chi connectivity index (χ0) is 13.6. The van der Waals surface area contributed by atoms with Gasteiger partial charge in [-0.05, 0) is 25.5 Å². The molecule has 0 aliphatic heterocycles. The van der Waals surface area contributed by atoms with Crippen LogP contribution >= 0.6 is 0 Å². The Kier molecular flexibility index (Phi) is 5.37. The van der Waals surface area contributed by atoms with E-state index in [1.54, 1.807) is 26.4 Å². The highest BCUT2D eigenvalue weighted by atomic mass is 19.1. The molecule has 0 bridgehead atoms. The number of benzene rings is 1. The van der Waals surface area contributed by atoms with Crippen LogP contribution in [0.5, 0.6) is 5.75 Å². The Balaban J connectivity index is 2.86. The fraction of sp³-hybridized carbons (Fsp3) is 0.538. The molecule has 1 unspecified atom stereocenters. The van der Waals surface area contributed by atoms with E-state index in [1.165, 1.54) is 6.07 Å². The van der Waals surface area contributed by atoms with E-state index in [2.05, 4.69) is 5.32 Å². The molecule has 0 aliphatic rings. The molecule has 5 heteroatoms. The number of ether oxygens (including phenoxy) is 2. The molecule has 1 aromatic carbocycles. The Morgan fingerprint density at radius 1 is 1.39 bits per heavy atom. The van der Waals surface area contributed by atoms with Crippen molar-refractivity contribution in [1.29, 1.82) is 0 Å². The third kappa shape index (κ3) is 3.85. The fourth-order valence-corrected chi connectivity index (χ4v) is 1.60. The number of nitrogens with two attached hydrogens (primary N) is 1. The van der Waals surface area contributed by atoms with E-state index in [9.17, 15) is 4.39 Å². The van der Waals surface area contributed by atoms with Gasteiger partial charge in [0.15, 0.2) is 0 Å². The number of methoxy groups -OCH3 is 2. The summed E-state index contributed by atoms with van der Waals surface area (Å²) in [4.78, 5) is 0. The Morgan fingerprint density at radius 3 is 2.67 bits per heavy atom. The van der Waals surface area contributed by atoms with Gasteiger partial charge in [0.2, 0.25) is 0 Å². The second kappa shape index (κ2) is 6.56. The highest BCUT2D eigenvalue weighted by Crippen LogP contribution is 2.25. The first-order valence-electron chi connectivity index (χ1n) is 5.85. The van der Waals surface area contributed by atoms with Gasteiger partial charge in [-0.15, -0.1) is 0 Å². The molecule has 0 spiro atoms. The highest BCUT2D eigenvalue weighted by molar-refractivity contribution is 5.51. The van der Waals surface area contributed by atoms with Gasteiger partial charge in [-0.25, -0.2) is 4.39 Å². The van der Waals surface area contributed by atoms with Gasteiger partial charge < -0.3 is 20.5 Å². The van der Waals surface area contributed by atoms with Gasteiger partial charge >= 0.3 is 0 Å². The number of rotatable bonds is 7. The highest BCUT2D eigenvalue weighted by Gasteiger charge is 2.23. The molecule has 0 heterocycles. The van der Waals surface area contributed by atoms with E-state index in [4.69, 9.17) is 15.2 Å². The number of nitrogens with one attached hydrogen (secondary N) is 1. The van der Waals surface area contributed by atoms with Crippen LogP contribution in [-0.4, -0.2) is 32.9 Å². The summed E-state index contributed by atoms with van der Waals surface area (Å²) in [5.74, 6) is 0.276. The van der Waals surface area contributed by atoms with Crippen LogP contribution in [0.25, 0.3) is 0 Å². The largest absolute Gasteiger partial charge is 0.497 e. The average molecular weight is 256 g/mol. The molecule has 18 heavy (non-hydrogen) atoms. The Hall–Kier alpha value is -1.33. The maximum absolute atomic E-state index is 13.7. The molecule has 102 valence electrons. The van der Waals surface area contributed by atoms with Crippen molar-refractivity contribution in [3.8, 4) is 5.75 Å². The summed E-state index contributed by atoms with van der Waals surface area (Å²) in [5.41, 5.74) is 5.72. The van der Waals surface area contributed by atoms with Crippen molar-refractivity contribution in [2.24, 2.45) is 5.73 Å². The molecule has 1 atom stereocenters. The van der Waals surface area contributed by atoms with Gasteiger partial charge in [-0.2, -0.15) is 0 Å². The predicted molar refractivity (Wildman–Crippen MR) is 70.5 cm³/mol. The van der Waals surface area contributed by atoms with Crippen molar-refractivity contribution >= 4 is 5.69 Å². The third-order valence-corrected chi connectivity index (χ3v) is 2.92. The van der Waals surface area contributed by atoms with Crippen LogP contribution in [0.4, 0.5) is 10.1 Å². The Morgan fingerprint density at radius 2 is 2.11 bits per heavy atom. The third-order valence-electron chi connectivity index (χ3n) is 2.92. The van der Waals surface area contributed by atoms with Crippen LogP contribution in [0.1, 0.15) is 13.3 Å². The quantitative estimate of drug-likeness (QED) is 0.783. The summed E-state index contributed by atoms with van der Waals surface area (Å²) in [5, 5.41) is 3.12. The monoisotopic (exact) mass is 256 g/mol. The smallest absolute Gasteiger partial charge is 0.146 e. The zero-order valence-corrected chi connectivity index (χ0v) is 11.1. The summed E-state index contributed by atoms with van der Waals surface area (Å²) in [6, 6.07) is 4.57. The van der Waals surface area contributed by atoms with Crippen LogP contribution in [0.3, 0.4) is 0 Å². The van der Waals surface area contributed by atoms with E-state index in [1.807, 2.05) is 6.92 Å². The predicted octanol–water partition coefficient (Wildman–Crippen LogP) is 2.00. The molecule has 0 radical (unpaired) electrons. The SMILES string of the molecule is COCCC(C)(CN)Nc1cc(OC)ccc1F. The molecule has 0 saturated heterocycles. The lowest BCUT2D eigenvalue weighted by Gasteiger charge is -2.30. The summed E-state index contributed by atoms with van der Waals surface area (Å²) in [7, 11) is 3.17. The minimum Gasteiger partial charge on any atom is -0.497 e. The van der Waals surface area contributed by atoms with Gasteiger partial charge in [0.05, 0.1) is 12.8 Å². The molecule has 3 N–H and O–H groups in total. The average Bonchev–Trinajstić information content (AvgIpc) is 2.39. The first-order valence-corrected chi connectivity index (χ1v) is 5.85. The van der Waals surface area contributed by atoms with Crippen molar-refractivity contribution in [1.82, 2.24) is 0 Å². The molecule has 0 aliphatic carbocycles. The van der Waals surface area contributed by atoms with E-state index in [0.717, 1.165) is 0 Å². The Bertz CT molecular complexity index is 387. The maximum Gasteiger partial charge on any atom is 0.146 e. The van der Waals surface area contributed by atoms with Crippen LogP contribution in [0.15, 0.2) is 18.2 Å². The summed E-state index contributed by atoms with van der Waals surface area (Å²) >= 11 is 0. The van der Waals surface area contributed by atoms with Gasteiger partial charge in [-0.1, -0.05) is 0 Å². The number of anilines is 1. The molecule has 0 aromatic heterocycles. The summed E-state index contributed by atoms with van der Waals surface area (Å²) in [6.07, 6.45) is 0.691. The van der Waals surface area contributed by atoms with Gasteiger partial charge in [0.1, 0.15) is 11.6 Å². The van der Waals surface area contributed by atoms with E-state index in [0.29, 0.717) is 31.0 Å². The first kappa shape index (κ1) is 14.7. The van der Waals surface area contributed by atoms with E-state index >= 15 is 0 Å². The van der Waals surface area contributed by atoms with Gasteiger partial charge in [0.25, 0.3) is 0 Å². The van der Waals surface area contributed by atoms with E-state index < -0.39 is 5.54 Å². The topological polar surface area (TPSA) is 56.5 Å². The fourth-order valence-electron chi connectivity index (χ4n) is 1.60. The molecular weight excluding hydrogens is 235 g/mol. The Labute approximate surface area is 107 Å². The lowest BCUT2D eigenvalue weighted by molar-refractivity contribution is 0.177. The number of hydrogen-bond acceptors (Lipinski definition) is 4. The second-order valence-corrected chi connectivity index (χ2v) is 4.48. The minimum absolute atomic E-state index is 0.326. The normalized spacial score (nSPS) is 14.1. The van der Waals surface area contributed by atoms with Crippen LogP contribution in [-0.2, 0) is 4.74 Å². The van der Waals surface area contributed by atoms with Crippen molar-refractivity contribution in [3.63, 3.8) is 0 Å². The zero-order valence-electron chi connectivity index (χ0n) is 11.1.